The lowest BCUT2D eigenvalue weighted by Gasteiger charge is -2.32. The van der Waals surface area contributed by atoms with Crippen LogP contribution >= 0.6 is 12.4 Å². The molecule has 2 aromatic carbocycles. The van der Waals surface area contributed by atoms with E-state index in [1.165, 1.54) is 36.4 Å². The number of benzene rings is 2. The van der Waals surface area contributed by atoms with Gasteiger partial charge in [-0.15, -0.1) is 12.4 Å². The van der Waals surface area contributed by atoms with E-state index < -0.39 is 39.6 Å². The molecule has 0 aliphatic carbocycles. The third-order valence-corrected chi connectivity index (χ3v) is 5.23. The van der Waals surface area contributed by atoms with Gasteiger partial charge in [-0.25, -0.2) is 13.2 Å². The van der Waals surface area contributed by atoms with Gasteiger partial charge in [-0.1, -0.05) is 24.3 Å². The van der Waals surface area contributed by atoms with Crippen LogP contribution in [0.15, 0.2) is 42.5 Å². The van der Waals surface area contributed by atoms with Gasteiger partial charge in [0.25, 0.3) is 10.1 Å². The summed E-state index contributed by atoms with van der Waals surface area (Å²) < 4.78 is 71.0. The third kappa shape index (κ3) is 5.26. The van der Waals surface area contributed by atoms with Gasteiger partial charge in [0.05, 0.1) is 6.26 Å². The van der Waals surface area contributed by atoms with Crippen LogP contribution in [0.5, 0.6) is 0 Å². The molecule has 9 heteroatoms. The predicted molar refractivity (Wildman–Crippen MR) is 103 cm³/mol. The molecule has 0 radical (unpaired) electrons. The number of hydrogen-bond acceptors (Lipinski definition) is 4. The van der Waals surface area contributed by atoms with Crippen LogP contribution in [0.1, 0.15) is 29.9 Å². The fourth-order valence-corrected chi connectivity index (χ4v) is 4.17. The molecule has 2 aromatic rings. The van der Waals surface area contributed by atoms with Gasteiger partial charge in [0.2, 0.25) is 0 Å². The minimum absolute atomic E-state index is 0. The Balaban J connectivity index is 0.00000280. The van der Waals surface area contributed by atoms with E-state index in [0.29, 0.717) is 18.5 Å². The van der Waals surface area contributed by atoms with Crippen molar-refractivity contribution in [3.63, 3.8) is 0 Å². The lowest BCUT2D eigenvalue weighted by molar-refractivity contribution is 0.151. The molecule has 3 atom stereocenters. The minimum Gasteiger partial charge on any atom is -0.311 e. The molecular formula is C19H21ClF3NO3S. The van der Waals surface area contributed by atoms with Crippen molar-refractivity contribution in [3.8, 4) is 0 Å². The monoisotopic (exact) mass is 435 g/mol. The van der Waals surface area contributed by atoms with Crippen LogP contribution in [0.25, 0.3) is 0 Å². The summed E-state index contributed by atoms with van der Waals surface area (Å²) in [6.07, 6.45) is 1.33. The second-order valence-electron chi connectivity index (χ2n) is 6.64. The molecule has 1 saturated heterocycles. The number of halogens is 4. The van der Waals surface area contributed by atoms with E-state index in [4.69, 9.17) is 4.18 Å². The first kappa shape index (κ1) is 22.7. The molecule has 1 aliphatic rings. The standard InChI is InChI=1S/C19H20F3NO3S.ClH/c1-27(24,25)26-19(16-6-3-11-23-16)17(12-7-9-13(20)10-8-12)14-4-2-5-15(21)18(14)22;/h2,4-5,7-10,16-17,19,23H,3,6,11H2,1H3;1H. The molecular weight excluding hydrogens is 415 g/mol. The van der Waals surface area contributed by atoms with Crippen LogP contribution in [0, 0.1) is 17.5 Å². The van der Waals surface area contributed by atoms with E-state index in [1.807, 2.05) is 0 Å². The van der Waals surface area contributed by atoms with Crippen LogP contribution in [-0.2, 0) is 14.3 Å². The van der Waals surface area contributed by atoms with Gasteiger partial charge in [0.15, 0.2) is 11.6 Å². The van der Waals surface area contributed by atoms with Crippen molar-refractivity contribution in [1.82, 2.24) is 5.32 Å². The van der Waals surface area contributed by atoms with Crippen LogP contribution in [0.3, 0.4) is 0 Å². The highest BCUT2D eigenvalue weighted by molar-refractivity contribution is 7.86. The molecule has 0 saturated carbocycles. The largest absolute Gasteiger partial charge is 0.311 e. The van der Waals surface area contributed by atoms with E-state index in [2.05, 4.69) is 5.32 Å². The van der Waals surface area contributed by atoms with Gasteiger partial charge < -0.3 is 5.32 Å². The number of hydrogen-bond donors (Lipinski definition) is 1. The van der Waals surface area contributed by atoms with E-state index in [9.17, 15) is 21.6 Å². The number of nitrogens with one attached hydrogen (secondary N) is 1. The smallest absolute Gasteiger partial charge is 0.264 e. The van der Waals surface area contributed by atoms with Gasteiger partial charge in [0, 0.05) is 17.5 Å². The zero-order valence-electron chi connectivity index (χ0n) is 15.1. The second kappa shape index (κ2) is 9.26. The molecule has 1 fully saturated rings. The SMILES string of the molecule is CS(=O)(=O)OC(C1CCCN1)C(c1ccc(F)cc1)c1cccc(F)c1F.Cl. The fraction of sp³-hybridized carbons (Fsp3) is 0.368. The van der Waals surface area contributed by atoms with Gasteiger partial charge in [-0.3, -0.25) is 4.18 Å². The normalized spacial score (nSPS) is 19.1. The van der Waals surface area contributed by atoms with Gasteiger partial charge in [-0.2, -0.15) is 8.42 Å². The quantitative estimate of drug-likeness (QED) is 0.702. The molecule has 4 nitrogen and oxygen atoms in total. The van der Waals surface area contributed by atoms with Gasteiger partial charge >= 0.3 is 0 Å². The third-order valence-electron chi connectivity index (χ3n) is 4.66. The van der Waals surface area contributed by atoms with Crippen molar-refractivity contribution in [3.05, 3.63) is 71.0 Å². The van der Waals surface area contributed by atoms with E-state index in [0.717, 1.165) is 18.7 Å². The Kier molecular flexibility index (Phi) is 7.50. The predicted octanol–water partition coefficient (Wildman–Crippen LogP) is 3.75. The molecule has 0 spiro atoms. The molecule has 1 aliphatic heterocycles. The first-order valence-corrected chi connectivity index (χ1v) is 10.4. The van der Waals surface area contributed by atoms with Crippen molar-refractivity contribution >= 4 is 22.5 Å². The Morgan fingerprint density at radius 2 is 1.79 bits per heavy atom. The maximum atomic E-state index is 14.6. The Morgan fingerprint density at radius 1 is 1.11 bits per heavy atom. The average molecular weight is 436 g/mol. The Bertz CT molecular complexity index is 903. The van der Waals surface area contributed by atoms with Gasteiger partial charge in [-0.05, 0) is 43.1 Å². The van der Waals surface area contributed by atoms with E-state index in [1.54, 1.807) is 0 Å². The molecule has 154 valence electrons. The van der Waals surface area contributed by atoms with Crippen molar-refractivity contribution in [2.75, 3.05) is 12.8 Å². The van der Waals surface area contributed by atoms with Gasteiger partial charge in [0.1, 0.15) is 11.9 Å². The molecule has 1 N–H and O–H groups in total. The highest BCUT2D eigenvalue weighted by atomic mass is 35.5. The van der Waals surface area contributed by atoms with Crippen molar-refractivity contribution in [1.29, 1.82) is 0 Å². The average Bonchev–Trinajstić information content (AvgIpc) is 3.13. The first-order chi connectivity index (χ1) is 12.8. The zero-order chi connectivity index (χ0) is 19.6. The summed E-state index contributed by atoms with van der Waals surface area (Å²) in [5, 5.41) is 3.17. The van der Waals surface area contributed by atoms with Crippen molar-refractivity contribution < 1.29 is 25.8 Å². The molecule has 0 aromatic heterocycles. The van der Waals surface area contributed by atoms with E-state index in [-0.39, 0.29) is 24.0 Å². The molecule has 3 rings (SSSR count). The van der Waals surface area contributed by atoms with E-state index >= 15 is 0 Å². The summed E-state index contributed by atoms with van der Waals surface area (Å²) in [5.41, 5.74) is 0.396. The summed E-state index contributed by atoms with van der Waals surface area (Å²) >= 11 is 0. The van der Waals surface area contributed by atoms with Crippen LogP contribution < -0.4 is 5.32 Å². The number of rotatable bonds is 6. The van der Waals surface area contributed by atoms with Crippen LogP contribution in [-0.4, -0.2) is 33.4 Å². The highest BCUT2D eigenvalue weighted by Crippen LogP contribution is 2.36. The van der Waals surface area contributed by atoms with Crippen molar-refractivity contribution in [2.24, 2.45) is 0 Å². The van der Waals surface area contributed by atoms with Crippen molar-refractivity contribution in [2.45, 2.75) is 30.9 Å². The lowest BCUT2D eigenvalue weighted by Crippen LogP contribution is -2.42. The Labute approximate surface area is 168 Å². The fourth-order valence-electron chi connectivity index (χ4n) is 3.53. The van der Waals surface area contributed by atoms with Crippen LogP contribution in [0.2, 0.25) is 0 Å². The second-order valence-corrected chi connectivity index (χ2v) is 8.24. The molecule has 28 heavy (non-hydrogen) atoms. The molecule has 3 unspecified atom stereocenters. The zero-order valence-corrected chi connectivity index (χ0v) is 16.7. The minimum atomic E-state index is -3.88. The summed E-state index contributed by atoms with van der Waals surface area (Å²) in [5.74, 6) is -3.55. The maximum Gasteiger partial charge on any atom is 0.264 e. The summed E-state index contributed by atoms with van der Waals surface area (Å²) in [7, 11) is -3.88. The molecule has 0 amide bonds. The maximum absolute atomic E-state index is 14.6. The Morgan fingerprint density at radius 3 is 2.36 bits per heavy atom. The highest BCUT2D eigenvalue weighted by Gasteiger charge is 2.38. The summed E-state index contributed by atoms with van der Waals surface area (Å²) in [6.45, 7) is 0.663. The first-order valence-electron chi connectivity index (χ1n) is 8.57. The summed E-state index contributed by atoms with van der Waals surface area (Å²) in [6, 6.07) is 8.59. The summed E-state index contributed by atoms with van der Waals surface area (Å²) in [4.78, 5) is 0. The lowest BCUT2D eigenvalue weighted by atomic mass is 9.82. The van der Waals surface area contributed by atoms with Crippen LogP contribution in [0.4, 0.5) is 13.2 Å². The topological polar surface area (TPSA) is 55.4 Å². The molecule has 0 bridgehead atoms. The Hall–Kier alpha value is -1.61. The molecule has 1 heterocycles.